The molecule has 8 heteroatoms. The molecule has 1 aromatic heterocycles. The summed E-state index contributed by atoms with van der Waals surface area (Å²) >= 11 is 1.23. The summed E-state index contributed by atoms with van der Waals surface area (Å²) in [6.45, 7) is 1.27. The number of aromatic nitrogens is 1. The Morgan fingerprint density at radius 1 is 1.38 bits per heavy atom. The van der Waals surface area contributed by atoms with Gasteiger partial charge in [0, 0.05) is 31.1 Å². The predicted octanol–water partition coefficient (Wildman–Crippen LogP) is 3.05. The van der Waals surface area contributed by atoms with Gasteiger partial charge in [0.1, 0.15) is 5.01 Å². The number of carbonyl (C=O) groups excluding carboxylic acids is 1. The van der Waals surface area contributed by atoms with E-state index in [1.165, 1.54) is 17.4 Å². The number of halogens is 3. The third kappa shape index (κ3) is 4.78. The molecule has 0 spiro atoms. The Kier molecular flexibility index (Phi) is 5.95. The van der Waals surface area contributed by atoms with Crippen LogP contribution >= 0.6 is 11.3 Å². The van der Waals surface area contributed by atoms with Crippen LogP contribution in [0.25, 0.3) is 10.6 Å². The molecule has 0 bridgehead atoms. The van der Waals surface area contributed by atoms with Crippen molar-refractivity contribution in [3.63, 3.8) is 0 Å². The summed E-state index contributed by atoms with van der Waals surface area (Å²) in [5.41, 5.74) is 0.255. The maximum atomic E-state index is 12.8. The van der Waals surface area contributed by atoms with Crippen LogP contribution in [0.5, 0.6) is 0 Å². The molecule has 0 radical (unpaired) electrons. The highest BCUT2D eigenvalue weighted by Crippen LogP contribution is 2.33. The third-order valence-electron chi connectivity index (χ3n) is 3.44. The lowest BCUT2D eigenvalue weighted by Crippen LogP contribution is -2.33. The predicted molar refractivity (Wildman–Crippen MR) is 87.8 cm³/mol. The molecular weight excluding hydrogens is 339 g/mol. The lowest BCUT2D eigenvalue weighted by molar-refractivity contribution is -0.137. The molecule has 0 atom stereocenters. The van der Waals surface area contributed by atoms with Crippen LogP contribution in [-0.2, 0) is 17.4 Å². The number of hydrogen-bond acceptors (Lipinski definition) is 4. The van der Waals surface area contributed by atoms with Crippen molar-refractivity contribution < 1.29 is 18.0 Å². The number of thiazole rings is 1. The number of rotatable bonds is 6. The molecule has 0 saturated carbocycles. The summed E-state index contributed by atoms with van der Waals surface area (Å²) in [4.78, 5) is 18.0. The van der Waals surface area contributed by atoms with E-state index in [9.17, 15) is 18.0 Å². The van der Waals surface area contributed by atoms with Crippen LogP contribution in [0.1, 0.15) is 11.3 Å². The fourth-order valence-electron chi connectivity index (χ4n) is 2.04. The van der Waals surface area contributed by atoms with Crippen molar-refractivity contribution in [3.05, 3.63) is 40.9 Å². The quantitative estimate of drug-likeness (QED) is 0.864. The van der Waals surface area contributed by atoms with E-state index in [0.29, 0.717) is 29.4 Å². The van der Waals surface area contributed by atoms with Crippen LogP contribution in [0.3, 0.4) is 0 Å². The lowest BCUT2D eigenvalue weighted by Gasteiger charge is -2.16. The van der Waals surface area contributed by atoms with Crippen molar-refractivity contribution in [1.29, 1.82) is 0 Å². The van der Waals surface area contributed by atoms with Crippen LogP contribution in [0.4, 0.5) is 13.2 Å². The molecule has 0 saturated heterocycles. The van der Waals surface area contributed by atoms with Gasteiger partial charge in [-0.3, -0.25) is 4.79 Å². The zero-order valence-corrected chi connectivity index (χ0v) is 14.2. The summed E-state index contributed by atoms with van der Waals surface area (Å²) < 4.78 is 38.3. The van der Waals surface area contributed by atoms with Gasteiger partial charge in [-0.2, -0.15) is 13.2 Å². The number of amides is 1. The average molecular weight is 357 g/mol. The highest BCUT2D eigenvalue weighted by molar-refractivity contribution is 7.13. The smallest absolute Gasteiger partial charge is 0.344 e. The van der Waals surface area contributed by atoms with Crippen molar-refractivity contribution in [1.82, 2.24) is 15.2 Å². The van der Waals surface area contributed by atoms with Gasteiger partial charge in [-0.15, -0.1) is 11.3 Å². The van der Waals surface area contributed by atoms with E-state index in [2.05, 4.69) is 10.3 Å². The fourth-order valence-corrected chi connectivity index (χ4v) is 2.86. The Hall–Kier alpha value is -1.93. The topological polar surface area (TPSA) is 45.2 Å². The molecule has 2 rings (SSSR count). The van der Waals surface area contributed by atoms with Gasteiger partial charge < -0.3 is 10.2 Å². The van der Waals surface area contributed by atoms with Crippen molar-refractivity contribution in [3.8, 4) is 10.6 Å². The number of benzene rings is 1. The summed E-state index contributed by atoms with van der Waals surface area (Å²) in [5, 5.41) is 5.14. The molecule has 0 aliphatic rings. The summed E-state index contributed by atoms with van der Waals surface area (Å²) in [5.74, 6) is -0.0776. The van der Waals surface area contributed by atoms with Gasteiger partial charge in [0.2, 0.25) is 5.91 Å². The SMILES string of the molecule is CNCCN(C)C(=O)Cc1csc(-c2cccc(C(F)(F)F)c2)n1. The zero-order chi connectivity index (χ0) is 17.7. The molecule has 0 aliphatic heterocycles. The first-order chi connectivity index (χ1) is 11.3. The van der Waals surface area contributed by atoms with Crippen molar-refractivity contribution in [2.24, 2.45) is 0 Å². The van der Waals surface area contributed by atoms with E-state index < -0.39 is 11.7 Å². The van der Waals surface area contributed by atoms with Gasteiger partial charge in [0.25, 0.3) is 0 Å². The van der Waals surface area contributed by atoms with Gasteiger partial charge in [-0.25, -0.2) is 4.98 Å². The number of carbonyl (C=O) groups is 1. The second kappa shape index (κ2) is 7.76. The van der Waals surface area contributed by atoms with Gasteiger partial charge in [-0.05, 0) is 19.2 Å². The normalized spacial score (nSPS) is 11.5. The van der Waals surface area contributed by atoms with E-state index >= 15 is 0 Å². The Bertz CT molecular complexity index is 700. The maximum Gasteiger partial charge on any atom is 0.416 e. The zero-order valence-electron chi connectivity index (χ0n) is 13.4. The number of nitrogens with one attached hydrogen (secondary N) is 1. The number of nitrogens with zero attached hydrogens (tertiary/aromatic N) is 2. The maximum absolute atomic E-state index is 12.8. The first-order valence-electron chi connectivity index (χ1n) is 7.32. The van der Waals surface area contributed by atoms with Crippen molar-refractivity contribution in [2.45, 2.75) is 12.6 Å². The summed E-state index contributed by atoms with van der Waals surface area (Å²) in [6, 6.07) is 5.04. The Labute approximate surface area is 142 Å². The van der Waals surface area contributed by atoms with Crippen LogP contribution < -0.4 is 5.32 Å². The number of likely N-dealkylation sites (N-methyl/N-ethyl adjacent to an activating group) is 2. The molecule has 1 N–H and O–H groups in total. The second-order valence-electron chi connectivity index (χ2n) is 5.32. The van der Waals surface area contributed by atoms with Gasteiger partial charge >= 0.3 is 6.18 Å². The number of alkyl halides is 3. The third-order valence-corrected chi connectivity index (χ3v) is 4.38. The minimum Gasteiger partial charge on any atom is -0.344 e. The Balaban J connectivity index is 2.10. The molecule has 2 aromatic rings. The summed E-state index contributed by atoms with van der Waals surface area (Å²) in [7, 11) is 3.51. The standard InChI is InChI=1S/C16H18F3N3OS/c1-20-6-7-22(2)14(23)9-13-10-24-15(21-13)11-4-3-5-12(8-11)16(17,18)19/h3-5,8,10,20H,6-7,9H2,1-2H3. The highest BCUT2D eigenvalue weighted by atomic mass is 32.1. The molecule has 0 unspecified atom stereocenters. The van der Waals surface area contributed by atoms with Gasteiger partial charge in [0.15, 0.2) is 0 Å². The molecule has 1 heterocycles. The highest BCUT2D eigenvalue weighted by Gasteiger charge is 2.30. The monoisotopic (exact) mass is 357 g/mol. The van der Waals surface area contributed by atoms with Crippen molar-refractivity contribution in [2.75, 3.05) is 27.2 Å². The first-order valence-corrected chi connectivity index (χ1v) is 8.20. The lowest BCUT2D eigenvalue weighted by atomic mass is 10.1. The van der Waals surface area contributed by atoms with Crippen LogP contribution in [0, 0.1) is 0 Å². The Morgan fingerprint density at radius 3 is 2.79 bits per heavy atom. The molecule has 1 aromatic carbocycles. The van der Waals surface area contributed by atoms with Gasteiger partial charge in [0.05, 0.1) is 17.7 Å². The first kappa shape index (κ1) is 18.4. The molecular formula is C16H18F3N3OS. The van der Waals surface area contributed by atoms with E-state index in [0.717, 1.165) is 12.1 Å². The van der Waals surface area contributed by atoms with Crippen LogP contribution in [-0.4, -0.2) is 43.0 Å². The van der Waals surface area contributed by atoms with E-state index in [-0.39, 0.29) is 12.3 Å². The molecule has 1 amide bonds. The molecule has 4 nitrogen and oxygen atoms in total. The minimum absolute atomic E-state index is 0.0776. The number of hydrogen-bond donors (Lipinski definition) is 1. The van der Waals surface area contributed by atoms with E-state index in [1.807, 2.05) is 0 Å². The second-order valence-corrected chi connectivity index (χ2v) is 6.18. The fraction of sp³-hybridized carbons (Fsp3) is 0.375. The molecule has 24 heavy (non-hydrogen) atoms. The van der Waals surface area contributed by atoms with Crippen molar-refractivity contribution >= 4 is 17.2 Å². The van der Waals surface area contributed by atoms with Gasteiger partial charge in [-0.1, -0.05) is 12.1 Å². The minimum atomic E-state index is -4.39. The summed E-state index contributed by atoms with van der Waals surface area (Å²) in [6.07, 6.45) is -4.25. The average Bonchev–Trinajstić information content (AvgIpc) is 3.00. The molecule has 0 fully saturated rings. The Morgan fingerprint density at radius 2 is 2.12 bits per heavy atom. The molecule has 130 valence electrons. The van der Waals surface area contributed by atoms with Crippen LogP contribution in [0.2, 0.25) is 0 Å². The molecule has 0 aliphatic carbocycles. The van der Waals surface area contributed by atoms with E-state index in [4.69, 9.17) is 0 Å². The van der Waals surface area contributed by atoms with E-state index in [1.54, 1.807) is 30.4 Å². The largest absolute Gasteiger partial charge is 0.416 e. The van der Waals surface area contributed by atoms with Crippen LogP contribution in [0.15, 0.2) is 29.6 Å².